The molecule has 1 atom stereocenters. The van der Waals surface area contributed by atoms with Crippen LogP contribution in [0.3, 0.4) is 0 Å². The molecule has 1 saturated heterocycles. The molecule has 0 spiro atoms. The van der Waals surface area contributed by atoms with Gasteiger partial charge in [0.05, 0.1) is 21.4 Å². The summed E-state index contributed by atoms with van der Waals surface area (Å²) in [6.07, 6.45) is -1.24. The molecular formula is C20H12Cl4N2O2. The molecule has 0 N–H and O–H groups in total. The van der Waals surface area contributed by atoms with E-state index < -0.39 is 12.3 Å². The summed E-state index contributed by atoms with van der Waals surface area (Å²) in [7, 11) is 0. The quantitative estimate of drug-likeness (QED) is 0.414. The van der Waals surface area contributed by atoms with Crippen LogP contribution in [0.5, 0.6) is 0 Å². The summed E-state index contributed by atoms with van der Waals surface area (Å²) in [5.74, 6) is 0. The Morgan fingerprint density at radius 2 is 1.50 bits per heavy atom. The molecule has 3 aromatic rings. The highest BCUT2D eigenvalue weighted by atomic mass is 35.5. The van der Waals surface area contributed by atoms with Crippen LogP contribution in [0.25, 0.3) is 0 Å². The van der Waals surface area contributed by atoms with Crippen molar-refractivity contribution in [1.29, 1.82) is 0 Å². The lowest BCUT2D eigenvalue weighted by Crippen LogP contribution is -2.32. The third-order valence-corrected chi connectivity index (χ3v) is 5.57. The fraction of sp³-hybridized carbons (Fsp3) is 0.0500. The Balaban J connectivity index is 1.88. The minimum Gasteiger partial charge on any atom is -0.319 e. The first-order valence-electron chi connectivity index (χ1n) is 8.21. The SMILES string of the molecule is O=C1ON(c2ccccc2)C(c2ccc(Cl)cc2Cl)N1c1ccc(Cl)c(Cl)c1. The van der Waals surface area contributed by atoms with Crippen molar-refractivity contribution < 1.29 is 9.63 Å². The zero-order valence-electron chi connectivity index (χ0n) is 14.2. The summed E-state index contributed by atoms with van der Waals surface area (Å²) in [5.41, 5.74) is 1.86. The predicted octanol–water partition coefficient (Wildman–Crippen LogP) is 7.38. The molecule has 1 aliphatic rings. The van der Waals surface area contributed by atoms with Gasteiger partial charge in [-0.15, -0.1) is 0 Å². The molecular weight excluding hydrogens is 442 g/mol. The molecule has 0 aliphatic carbocycles. The average Bonchev–Trinajstić information content (AvgIpc) is 3.02. The lowest BCUT2D eigenvalue weighted by molar-refractivity contribution is 0.164. The number of carbonyl (C=O) groups is 1. The lowest BCUT2D eigenvalue weighted by atomic mass is 10.1. The van der Waals surface area contributed by atoms with E-state index in [0.717, 1.165) is 0 Å². The zero-order valence-corrected chi connectivity index (χ0v) is 17.2. The molecule has 28 heavy (non-hydrogen) atoms. The van der Waals surface area contributed by atoms with Gasteiger partial charge in [-0.2, -0.15) is 5.06 Å². The minimum atomic E-state index is -0.670. The van der Waals surface area contributed by atoms with Crippen LogP contribution in [0.1, 0.15) is 11.7 Å². The van der Waals surface area contributed by atoms with Crippen molar-refractivity contribution in [3.05, 3.63) is 92.4 Å². The number of benzene rings is 3. The van der Waals surface area contributed by atoms with Crippen molar-refractivity contribution in [2.24, 2.45) is 0 Å². The Morgan fingerprint density at radius 3 is 2.18 bits per heavy atom. The normalized spacial score (nSPS) is 16.4. The molecule has 0 radical (unpaired) electrons. The second kappa shape index (κ2) is 7.72. The van der Waals surface area contributed by atoms with Gasteiger partial charge in [0.2, 0.25) is 0 Å². The summed E-state index contributed by atoms with van der Waals surface area (Å²) >= 11 is 24.7. The van der Waals surface area contributed by atoms with Crippen molar-refractivity contribution in [2.75, 3.05) is 9.96 Å². The van der Waals surface area contributed by atoms with Crippen molar-refractivity contribution >= 4 is 63.9 Å². The van der Waals surface area contributed by atoms with Gasteiger partial charge >= 0.3 is 6.09 Å². The summed E-state index contributed by atoms with van der Waals surface area (Å²) in [6.45, 7) is 0. The van der Waals surface area contributed by atoms with Gasteiger partial charge in [-0.3, -0.25) is 0 Å². The molecule has 1 aliphatic heterocycles. The Morgan fingerprint density at radius 1 is 0.750 bits per heavy atom. The Bertz CT molecular complexity index is 1050. The molecule has 8 heteroatoms. The van der Waals surface area contributed by atoms with Crippen molar-refractivity contribution in [2.45, 2.75) is 6.17 Å². The van der Waals surface area contributed by atoms with Crippen LogP contribution in [0, 0.1) is 0 Å². The van der Waals surface area contributed by atoms with E-state index >= 15 is 0 Å². The van der Waals surface area contributed by atoms with E-state index in [1.54, 1.807) is 36.4 Å². The third-order valence-electron chi connectivity index (χ3n) is 4.27. The number of hydrogen-bond donors (Lipinski definition) is 0. The molecule has 4 rings (SSSR count). The van der Waals surface area contributed by atoms with Gasteiger partial charge in [0, 0.05) is 15.6 Å². The number of hydroxylamine groups is 1. The zero-order chi connectivity index (χ0) is 19.8. The number of para-hydroxylation sites is 1. The number of carbonyl (C=O) groups excluding carboxylic acids is 1. The number of nitrogens with zero attached hydrogens (tertiary/aromatic N) is 2. The van der Waals surface area contributed by atoms with E-state index in [9.17, 15) is 4.79 Å². The summed E-state index contributed by atoms with van der Waals surface area (Å²) in [6, 6.07) is 19.3. The first-order valence-corrected chi connectivity index (χ1v) is 9.72. The predicted molar refractivity (Wildman–Crippen MR) is 114 cm³/mol. The number of anilines is 2. The Hall–Kier alpha value is -2.11. The maximum absolute atomic E-state index is 12.8. The van der Waals surface area contributed by atoms with E-state index in [1.807, 2.05) is 30.3 Å². The van der Waals surface area contributed by atoms with Gasteiger partial charge in [-0.25, -0.2) is 9.69 Å². The Kier molecular flexibility index (Phi) is 5.30. The third kappa shape index (κ3) is 3.49. The van der Waals surface area contributed by atoms with Gasteiger partial charge in [-0.1, -0.05) is 70.7 Å². The van der Waals surface area contributed by atoms with Gasteiger partial charge in [0.25, 0.3) is 0 Å². The first-order chi connectivity index (χ1) is 13.5. The van der Waals surface area contributed by atoms with E-state index in [1.165, 1.54) is 9.96 Å². The largest absolute Gasteiger partial charge is 0.440 e. The van der Waals surface area contributed by atoms with Crippen LogP contribution in [-0.2, 0) is 4.84 Å². The summed E-state index contributed by atoms with van der Waals surface area (Å²) in [5, 5.41) is 3.11. The number of hydrogen-bond acceptors (Lipinski definition) is 3. The molecule has 3 aromatic carbocycles. The van der Waals surface area contributed by atoms with E-state index in [0.29, 0.717) is 37.0 Å². The van der Waals surface area contributed by atoms with Crippen molar-refractivity contribution in [3.63, 3.8) is 0 Å². The molecule has 142 valence electrons. The molecule has 4 nitrogen and oxygen atoms in total. The topological polar surface area (TPSA) is 32.8 Å². The maximum Gasteiger partial charge on any atom is 0.440 e. The molecule has 1 unspecified atom stereocenters. The van der Waals surface area contributed by atoms with Crippen LogP contribution in [-0.4, -0.2) is 6.09 Å². The number of halogens is 4. The van der Waals surface area contributed by atoms with Gasteiger partial charge in [0.1, 0.15) is 0 Å². The molecule has 0 saturated carbocycles. The van der Waals surface area contributed by atoms with Gasteiger partial charge in [0.15, 0.2) is 6.17 Å². The Labute approximate surface area is 181 Å². The molecule has 0 aromatic heterocycles. The average molecular weight is 454 g/mol. The van der Waals surface area contributed by atoms with E-state index in [-0.39, 0.29) is 0 Å². The van der Waals surface area contributed by atoms with Crippen molar-refractivity contribution in [3.8, 4) is 0 Å². The van der Waals surface area contributed by atoms with E-state index in [4.69, 9.17) is 51.2 Å². The van der Waals surface area contributed by atoms with Gasteiger partial charge < -0.3 is 4.84 Å². The molecule has 0 bridgehead atoms. The number of amides is 1. The monoisotopic (exact) mass is 452 g/mol. The smallest absolute Gasteiger partial charge is 0.319 e. The molecule has 1 heterocycles. The van der Waals surface area contributed by atoms with Crippen LogP contribution in [0.4, 0.5) is 16.2 Å². The first kappa shape index (κ1) is 19.2. The van der Waals surface area contributed by atoms with Crippen LogP contribution in [0.2, 0.25) is 20.1 Å². The minimum absolute atomic E-state index is 0.325. The molecule has 1 fully saturated rings. The highest BCUT2D eigenvalue weighted by Crippen LogP contribution is 2.43. The fourth-order valence-electron chi connectivity index (χ4n) is 3.01. The van der Waals surface area contributed by atoms with E-state index in [2.05, 4.69) is 0 Å². The lowest BCUT2D eigenvalue weighted by Gasteiger charge is -2.28. The summed E-state index contributed by atoms with van der Waals surface area (Å²) < 4.78 is 0. The van der Waals surface area contributed by atoms with Crippen LogP contribution < -0.4 is 9.96 Å². The highest BCUT2D eigenvalue weighted by Gasteiger charge is 2.43. The highest BCUT2D eigenvalue weighted by molar-refractivity contribution is 6.42. The van der Waals surface area contributed by atoms with Gasteiger partial charge in [-0.05, 0) is 42.5 Å². The maximum atomic E-state index is 12.8. The van der Waals surface area contributed by atoms with Crippen LogP contribution in [0.15, 0.2) is 66.7 Å². The molecule has 1 amide bonds. The standard InChI is InChI=1S/C20H12Cl4N2O2/c21-12-6-8-15(17(23)10-12)19-25(14-7-9-16(22)18(24)11-14)20(27)28-26(19)13-4-2-1-3-5-13/h1-11,19H. The van der Waals surface area contributed by atoms with Crippen molar-refractivity contribution in [1.82, 2.24) is 0 Å². The number of rotatable bonds is 3. The fourth-order valence-corrected chi connectivity index (χ4v) is 3.81. The van der Waals surface area contributed by atoms with Crippen LogP contribution >= 0.6 is 46.4 Å². The second-order valence-electron chi connectivity index (χ2n) is 6.03. The second-order valence-corrected chi connectivity index (χ2v) is 7.68. The summed E-state index contributed by atoms with van der Waals surface area (Å²) in [4.78, 5) is 19.9.